The first kappa shape index (κ1) is 22.1. The Hall–Kier alpha value is -3.16. The molecule has 156 valence electrons. The number of para-hydroxylation sites is 1. The molecule has 0 aliphatic heterocycles. The number of amides is 1. The lowest BCUT2D eigenvalue weighted by Gasteiger charge is -2.14. The summed E-state index contributed by atoms with van der Waals surface area (Å²) in [4.78, 5) is 12.0. The second-order valence-corrected chi connectivity index (χ2v) is 6.53. The fourth-order valence-corrected chi connectivity index (χ4v) is 2.60. The second kappa shape index (κ2) is 10.4. The number of ether oxygens (including phenoxy) is 3. The third-order valence-corrected chi connectivity index (χ3v) is 3.98. The SMILES string of the molecule is COc1cccc(/C=N\NC(=O)COc2cc(C)ccc2C(C)C)c1OC(F)F. The summed E-state index contributed by atoms with van der Waals surface area (Å²) in [6.45, 7) is 2.75. The summed E-state index contributed by atoms with van der Waals surface area (Å²) in [5.74, 6) is 0.356. The molecule has 0 heterocycles. The number of hydrogen-bond acceptors (Lipinski definition) is 5. The maximum absolute atomic E-state index is 12.6. The number of rotatable bonds is 9. The van der Waals surface area contributed by atoms with Crippen molar-refractivity contribution in [1.82, 2.24) is 5.43 Å². The van der Waals surface area contributed by atoms with E-state index in [0.717, 1.165) is 11.1 Å². The van der Waals surface area contributed by atoms with Crippen LogP contribution in [0.5, 0.6) is 17.2 Å². The molecule has 0 saturated heterocycles. The van der Waals surface area contributed by atoms with Gasteiger partial charge in [-0.05, 0) is 42.2 Å². The number of carbonyl (C=O) groups excluding carboxylic acids is 1. The molecular formula is C21H24F2N2O4. The molecule has 29 heavy (non-hydrogen) atoms. The molecule has 2 aromatic carbocycles. The summed E-state index contributed by atoms with van der Waals surface area (Å²) in [6, 6.07) is 10.4. The van der Waals surface area contributed by atoms with Crippen molar-refractivity contribution < 1.29 is 27.8 Å². The Morgan fingerprint density at radius 3 is 2.62 bits per heavy atom. The maximum Gasteiger partial charge on any atom is 0.387 e. The van der Waals surface area contributed by atoms with Gasteiger partial charge in [0, 0.05) is 5.56 Å². The monoisotopic (exact) mass is 406 g/mol. The van der Waals surface area contributed by atoms with Gasteiger partial charge in [-0.2, -0.15) is 13.9 Å². The van der Waals surface area contributed by atoms with Crippen molar-refractivity contribution in [2.75, 3.05) is 13.7 Å². The van der Waals surface area contributed by atoms with Crippen molar-refractivity contribution >= 4 is 12.1 Å². The number of alkyl halides is 2. The van der Waals surface area contributed by atoms with Crippen LogP contribution in [0, 0.1) is 6.92 Å². The topological polar surface area (TPSA) is 69.2 Å². The number of benzene rings is 2. The Morgan fingerprint density at radius 1 is 1.21 bits per heavy atom. The maximum atomic E-state index is 12.6. The molecule has 1 amide bonds. The van der Waals surface area contributed by atoms with E-state index in [9.17, 15) is 13.6 Å². The molecule has 6 nitrogen and oxygen atoms in total. The van der Waals surface area contributed by atoms with Crippen molar-refractivity contribution in [2.24, 2.45) is 5.10 Å². The van der Waals surface area contributed by atoms with Crippen LogP contribution in [0.25, 0.3) is 0 Å². The van der Waals surface area contributed by atoms with Crippen LogP contribution in [0.1, 0.15) is 36.5 Å². The van der Waals surface area contributed by atoms with Gasteiger partial charge in [-0.1, -0.05) is 32.0 Å². The molecule has 0 bridgehead atoms. The minimum atomic E-state index is -3.02. The van der Waals surface area contributed by atoms with Gasteiger partial charge in [0.1, 0.15) is 5.75 Å². The van der Waals surface area contributed by atoms with Crippen LogP contribution in [0.2, 0.25) is 0 Å². The quantitative estimate of drug-likeness (QED) is 0.499. The average molecular weight is 406 g/mol. The lowest BCUT2D eigenvalue weighted by Crippen LogP contribution is -2.25. The van der Waals surface area contributed by atoms with E-state index >= 15 is 0 Å². The van der Waals surface area contributed by atoms with Crippen LogP contribution in [0.15, 0.2) is 41.5 Å². The Bertz CT molecular complexity index is 870. The number of hydrazone groups is 1. The summed E-state index contributed by atoms with van der Waals surface area (Å²) in [5.41, 5.74) is 4.55. The third-order valence-electron chi connectivity index (χ3n) is 3.98. The average Bonchev–Trinajstić information content (AvgIpc) is 2.66. The van der Waals surface area contributed by atoms with Gasteiger partial charge in [-0.3, -0.25) is 4.79 Å². The van der Waals surface area contributed by atoms with Crippen molar-refractivity contribution in [2.45, 2.75) is 33.3 Å². The Kier molecular flexibility index (Phi) is 7.94. The van der Waals surface area contributed by atoms with E-state index in [1.165, 1.54) is 25.5 Å². The highest BCUT2D eigenvalue weighted by Gasteiger charge is 2.14. The predicted octanol–water partition coefficient (Wildman–Crippen LogP) is 4.26. The number of halogens is 2. The van der Waals surface area contributed by atoms with E-state index in [1.807, 2.05) is 39.0 Å². The minimum absolute atomic E-state index is 0.129. The number of nitrogens with zero attached hydrogens (tertiary/aromatic N) is 1. The van der Waals surface area contributed by atoms with E-state index in [-0.39, 0.29) is 29.6 Å². The van der Waals surface area contributed by atoms with Crippen LogP contribution in [0.4, 0.5) is 8.78 Å². The highest BCUT2D eigenvalue weighted by molar-refractivity contribution is 5.86. The first-order valence-electron chi connectivity index (χ1n) is 8.99. The summed E-state index contributed by atoms with van der Waals surface area (Å²) in [7, 11) is 1.34. The molecule has 0 saturated carbocycles. The zero-order chi connectivity index (χ0) is 21.4. The van der Waals surface area contributed by atoms with Gasteiger partial charge in [0.15, 0.2) is 18.1 Å². The lowest BCUT2D eigenvalue weighted by molar-refractivity contribution is -0.123. The van der Waals surface area contributed by atoms with Crippen LogP contribution in [-0.4, -0.2) is 32.4 Å². The largest absolute Gasteiger partial charge is 0.493 e. The van der Waals surface area contributed by atoms with Crippen LogP contribution < -0.4 is 19.6 Å². The third kappa shape index (κ3) is 6.44. The number of carbonyl (C=O) groups is 1. The van der Waals surface area contributed by atoms with Gasteiger partial charge in [-0.15, -0.1) is 0 Å². The van der Waals surface area contributed by atoms with Crippen molar-refractivity contribution in [3.63, 3.8) is 0 Å². The number of hydrogen-bond donors (Lipinski definition) is 1. The molecule has 1 N–H and O–H groups in total. The Morgan fingerprint density at radius 2 is 1.97 bits per heavy atom. The summed E-state index contributed by atoms with van der Waals surface area (Å²) >= 11 is 0. The Balaban J connectivity index is 2.02. The molecule has 8 heteroatoms. The Labute approximate surface area is 168 Å². The molecule has 0 radical (unpaired) electrons. The fraction of sp³-hybridized carbons (Fsp3) is 0.333. The highest BCUT2D eigenvalue weighted by atomic mass is 19.3. The zero-order valence-electron chi connectivity index (χ0n) is 16.7. The first-order valence-corrected chi connectivity index (χ1v) is 8.99. The molecule has 0 fully saturated rings. The molecule has 0 aliphatic carbocycles. The minimum Gasteiger partial charge on any atom is -0.493 e. The molecular weight excluding hydrogens is 382 g/mol. The van der Waals surface area contributed by atoms with Crippen molar-refractivity contribution in [1.29, 1.82) is 0 Å². The number of nitrogens with one attached hydrogen (secondary N) is 1. The van der Waals surface area contributed by atoms with E-state index in [2.05, 4.69) is 15.3 Å². The van der Waals surface area contributed by atoms with E-state index in [4.69, 9.17) is 9.47 Å². The fourth-order valence-electron chi connectivity index (χ4n) is 2.60. The lowest BCUT2D eigenvalue weighted by atomic mass is 10.0. The van der Waals surface area contributed by atoms with Gasteiger partial charge >= 0.3 is 6.61 Å². The smallest absolute Gasteiger partial charge is 0.387 e. The van der Waals surface area contributed by atoms with Crippen LogP contribution in [-0.2, 0) is 4.79 Å². The van der Waals surface area contributed by atoms with E-state index in [1.54, 1.807) is 6.07 Å². The molecule has 0 spiro atoms. The van der Waals surface area contributed by atoms with Crippen molar-refractivity contribution in [3.8, 4) is 17.2 Å². The molecule has 0 atom stereocenters. The second-order valence-electron chi connectivity index (χ2n) is 6.53. The first-order chi connectivity index (χ1) is 13.8. The number of methoxy groups -OCH3 is 1. The molecule has 0 aliphatic rings. The zero-order valence-corrected chi connectivity index (χ0v) is 16.7. The predicted molar refractivity (Wildman–Crippen MR) is 106 cm³/mol. The summed E-state index contributed by atoms with van der Waals surface area (Å²) in [5, 5.41) is 3.79. The van der Waals surface area contributed by atoms with E-state index < -0.39 is 12.5 Å². The van der Waals surface area contributed by atoms with E-state index in [0.29, 0.717) is 5.75 Å². The molecule has 2 aromatic rings. The van der Waals surface area contributed by atoms with Crippen molar-refractivity contribution in [3.05, 3.63) is 53.1 Å². The van der Waals surface area contributed by atoms with Gasteiger partial charge < -0.3 is 14.2 Å². The van der Waals surface area contributed by atoms with Gasteiger partial charge in [0.2, 0.25) is 0 Å². The van der Waals surface area contributed by atoms with Crippen LogP contribution in [0.3, 0.4) is 0 Å². The van der Waals surface area contributed by atoms with Gasteiger partial charge in [-0.25, -0.2) is 5.43 Å². The van der Waals surface area contributed by atoms with Gasteiger partial charge in [0.25, 0.3) is 5.91 Å². The summed E-state index contributed by atoms with van der Waals surface area (Å²) < 4.78 is 40.4. The molecule has 2 rings (SSSR count). The number of aryl methyl sites for hydroxylation is 1. The normalized spacial score (nSPS) is 11.2. The van der Waals surface area contributed by atoms with Crippen LogP contribution >= 0.6 is 0 Å². The molecule has 0 aromatic heterocycles. The summed E-state index contributed by atoms with van der Waals surface area (Å²) in [6.07, 6.45) is 1.20. The highest BCUT2D eigenvalue weighted by Crippen LogP contribution is 2.31. The standard InChI is InChI=1S/C21H24F2N2O4/c1-13(2)16-9-8-14(3)10-18(16)28-12-19(26)25-24-11-15-6-5-7-17(27-4)20(15)29-21(22)23/h5-11,13,21H,12H2,1-4H3,(H,25,26)/b24-11-. The van der Waals surface area contributed by atoms with Gasteiger partial charge in [0.05, 0.1) is 13.3 Å². The molecule has 0 unspecified atom stereocenters.